The molecule has 4 aromatic carbocycles. The molecule has 6 rings (SSSR count). The van der Waals surface area contributed by atoms with Gasteiger partial charge >= 0.3 is 11.9 Å². The topological polar surface area (TPSA) is 169 Å². The molecule has 358 valence electrons. The maximum absolute atomic E-state index is 12.7. The van der Waals surface area contributed by atoms with E-state index in [4.69, 9.17) is 19.8 Å². The lowest BCUT2D eigenvalue weighted by Gasteiger charge is -2.40. The van der Waals surface area contributed by atoms with Gasteiger partial charge in [-0.05, 0) is 152 Å². The number of anilines is 4. The molecule has 0 bridgehead atoms. The van der Waals surface area contributed by atoms with E-state index in [0.717, 1.165) is 98.8 Å². The Morgan fingerprint density at radius 1 is 0.485 bits per heavy atom. The number of carbonyl (C=O) groups excluding carboxylic acids is 2. The Hall–Kier alpha value is -6.12. The van der Waals surface area contributed by atoms with Gasteiger partial charge in [0.25, 0.3) is 11.8 Å². The molecule has 0 spiro atoms. The number of rotatable bonds is 16. The molecule has 0 aromatic heterocycles. The number of hydrogen-bond acceptors (Lipinski definition) is 10. The van der Waals surface area contributed by atoms with Gasteiger partial charge in [-0.1, -0.05) is 26.0 Å². The van der Waals surface area contributed by atoms with Gasteiger partial charge in [0.15, 0.2) is 0 Å². The van der Waals surface area contributed by atoms with Crippen LogP contribution >= 0.6 is 0 Å². The van der Waals surface area contributed by atoms with E-state index in [1.165, 1.54) is 12.8 Å². The van der Waals surface area contributed by atoms with Crippen molar-refractivity contribution in [2.75, 3.05) is 75.2 Å². The van der Waals surface area contributed by atoms with E-state index in [1.807, 2.05) is 122 Å². The first-order valence-electron chi connectivity index (χ1n) is 23.6. The molecule has 4 aromatic rings. The standard InChI is InChI=1S/2C25H35N3O2.C2H2O4/c2*1-4-16-26-17-14-22(15-18-26)28(23-8-7-9-24(29)19-23)21-12-10-20(11-13-21)25(30)27(5-2)6-3;3-1(4)2(5)6/h2*7-13,19,22,29H,4-6,14-18H2,1-3H3;(H,3,4)(H,5,6). The molecule has 14 nitrogen and oxygen atoms in total. The summed E-state index contributed by atoms with van der Waals surface area (Å²) < 4.78 is 0. The number of aromatic hydroxyl groups is 2. The van der Waals surface area contributed by atoms with Crippen molar-refractivity contribution in [2.24, 2.45) is 0 Å². The monoisotopic (exact) mass is 909 g/mol. The maximum atomic E-state index is 12.7. The van der Waals surface area contributed by atoms with Crippen LogP contribution in [0.4, 0.5) is 22.7 Å². The smallest absolute Gasteiger partial charge is 0.414 e. The zero-order valence-corrected chi connectivity index (χ0v) is 39.8. The first-order chi connectivity index (χ1) is 31.8. The Balaban J connectivity index is 0.000000257. The van der Waals surface area contributed by atoms with Gasteiger partial charge in [-0.2, -0.15) is 0 Å². The molecule has 0 saturated carbocycles. The van der Waals surface area contributed by atoms with Crippen LogP contribution in [0.1, 0.15) is 101 Å². The SMILES string of the molecule is CCCN1CCC(N(c2ccc(C(=O)N(CC)CC)cc2)c2cccc(O)c2)CC1.CCCN1CCC(N(c2ccc(C(=O)N(CC)CC)cc2)c2cccc(O)c2)CC1.O=C(O)C(=O)O. The summed E-state index contributed by atoms with van der Waals surface area (Å²) in [6.45, 7) is 22.0. The number of hydrogen-bond donors (Lipinski definition) is 4. The third-order valence-corrected chi connectivity index (χ3v) is 12.2. The van der Waals surface area contributed by atoms with E-state index >= 15 is 0 Å². The van der Waals surface area contributed by atoms with Gasteiger partial charge in [-0.25, -0.2) is 9.59 Å². The molecule has 2 aliphatic rings. The Morgan fingerprint density at radius 3 is 1.06 bits per heavy atom. The lowest BCUT2D eigenvalue weighted by molar-refractivity contribution is -0.159. The molecule has 0 atom stereocenters. The Labute approximate surface area is 391 Å². The average Bonchev–Trinajstić information content (AvgIpc) is 3.32. The molecule has 0 aliphatic carbocycles. The van der Waals surface area contributed by atoms with Crippen LogP contribution < -0.4 is 9.80 Å². The molecule has 14 heteroatoms. The highest BCUT2D eigenvalue weighted by molar-refractivity contribution is 6.27. The Bertz CT molecular complexity index is 1960. The number of amides is 2. The summed E-state index contributed by atoms with van der Waals surface area (Å²) in [5, 5.41) is 34.9. The van der Waals surface area contributed by atoms with E-state index in [1.54, 1.807) is 12.1 Å². The van der Waals surface area contributed by atoms with E-state index in [-0.39, 0.29) is 23.3 Å². The summed E-state index contributed by atoms with van der Waals surface area (Å²) in [4.78, 5) is 56.9. The third-order valence-electron chi connectivity index (χ3n) is 12.2. The molecule has 2 saturated heterocycles. The van der Waals surface area contributed by atoms with Crippen molar-refractivity contribution in [1.29, 1.82) is 0 Å². The van der Waals surface area contributed by atoms with Gasteiger partial charge in [0, 0.05) is 110 Å². The van der Waals surface area contributed by atoms with Crippen LogP contribution in [0.5, 0.6) is 11.5 Å². The normalized spacial score (nSPS) is 14.5. The summed E-state index contributed by atoms with van der Waals surface area (Å²) >= 11 is 0. The van der Waals surface area contributed by atoms with Crippen LogP contribution in [0.2, 0.25) is 0 Å². The third kappa shape index (κ3) is 15.0. The van der Waals surface area contributed by atoms with Gasteiger partial charge < -0.3 is 49.8 Å². The predicted octanol–water partition coefficient (Wildman–Crippen LogP) is 8.93. The summed E-state index contributed by atoms with van der Waals surface area (Å²) in [6.07, 6.45) is 6.68. The largest absolute Gasteiger partial charge is 0.508 e. The molecular formula is C52H72N6O8. The number of piperidine rings is 2. The maximum Gasteiger partial charge on any atom is 0.414 e. The first-order valence-corrected chi connectivity index (χ1v) is 23.6. The molecule has 2 heterocycles. The van der Waals surface area contributed by atoms with Crippen molar-refractivity contribution in [3.05, 3.63) is 108 Å². The second kappa shape index (κ2) is 26.7. The minimum atomic E-state index is -1.82. The van der Waals surface area contributed by atoms with Crippen molar-refractivity contribution in [3.63, 3.8) is 0 Å². The van der Waals surface area contributed by atoms with Crippen molar-refractivity contribution in [3.8, 4) is 11.5 Å². The number of carboxylic acids is 2. The number of nitrogens with zero attached hydrogens (tertiary/aromatic N) is 6. The first kappa shape index (κ1) is 52.5. The molecule has 4 N–H and O–H groups in total. The zero-order valence-electron chi connectivity index (χ0n) is 39.8. The summed E-state index contributed by atoms with van der Waals surface area (Å²) in [5.41, 5.74) is 5.54. The number of carboxylic acid groups (broad SMARTS) is 2. The molecule has 66 heavy (non-hydrogen) atoms. The fourth-order valence-electron chi connectivity index (χ4n) is 8.78. The van der Waals surface area contributed by atoms with E-state index in [2.05, 4.69) is 33.4 Å². The van der Waals surface area contributed by atoms with E-state index in [9.17, 15) is 19.8 Å². The fraction of sp³-hybridized carbons (Fsp3) is 0.462. The van der Waals surface area contributed by atoms with Crippen LogP contribution in [0, 0.1) is 0 Å². The van der Waals surface area contributed by atoms with Crippen LogP contribution in [0.3, 0.4) is 0 Å². The van der Waals surface area contributed by atoms with Crippen LogP contribution in [0.15, 0.2) is 97.1 Å². The molecular weight excluding hydrogens is 837 g/mol. The molecule has 0 unspecified atom stereocenters. The van der Waals surface area contributed by atoms with E-state index < -0.39 is 11.9 Å². The van der Waals surface area contributed by atoms with Crippen LogP contribution in [-0.4, -0.2) is 141 Å². The number of aliphatic carboxylic acids is 2. The van der Waals surface area contributed by atoms with Gasteiger partial charge in [0.2, 0.25) is 0 Å². The van der Waals surface area contributed by atoms with E-state index in [0.29, 0.717) is 38.3 Å². The van der Waals surface area contributed by atoms with Crippen LogP contribution in [0.25, 0.3) is 0 Å². The average molecular weight is 909 g/mol. The van der Waals surface area contributed by atoms with Crippen molar-refractivity contribution >= 4 is 46.5 Å². The second-order valence-corrected chi connectivity index (χ2v) is 16.6. The number of phenols is 2. The lowest BCUT2D eigenvalue weighted by atomic mass is 10.0. The van der Waals surface area contributed by atoms with Crippen molar-refractivity contribution < 1.29 is 39.6 Å². The highest BCUT2D eigenvalue weighted by atomic mass is 16.4. The number of benzene rings is 4. The quantitative estimate of drug-likeness (QED) is 0.0790. The molecule has 2 fully saturated rings. The van der Waals surface area contributed by atoms with Crippen molar-refractivity contribution in [1.82, 2.24) is 19.6 Å². The minimum Gasteiger partial charge on any atom is -0.508 e. The zero-order chi connectivity index (χ0) is 48.2. The summed E-state index contributed by atoms with van der Waals surface area (Å²) in [6, 6.07) is 31.6. The Morgan fingerprint density at radius 2 is 0.803 bits per heavy atom. The highest BCUT2D eigenvalue weighted by Gasteiger charge is 2.28. The number of likely N-dealkylation sites (tertiary alicyclic amines) is 2. The highest BCUT2D eigenvalue weighted by Crippen LogP contribution is 2.36. The van der Waals surface area contributed by atoms with Crippen molar-refractivity contribution in [2.45, 2.75) is 92.2 Å². The van der Waals surface area contributed by atoms with Gasteiger partial charge in [-0.3, -0.25) is 9.59 Å². The van der Waals surface area contributed by atoms with Gasteiger partial charge in [0.05, 0.1) is 0 Å². The fourth-order valence-corrected chi connectivity index (χ4v) is 8.78. The van der Waals surface area contributed by atoms with Gasteiger partial charge in [0.1, 0.15) is 11.5 Å². The number of phenolic OH excluding ortho intramolecular Hbond substituents is 2. The Kier molecular flexibility index (Phi) is 21.3. The summed E-state index contributed by atoms with van der Waals surface area (Å²) in [5.74, 6) is -2.96. The lowest BCUT2D eigenvalue weighted by Crippen LogP contribution is -2.43. The summed E-state index contributed by atoms with van der Waals surface area (Å²) in [7, 11) is 0. The second-order valence-electron chi connectivity index (χ2n) is 16.6. The van der Waals surface area contributed by atoms with Gasteiger partial charge in [-0.15, -0.1) is 0 Å². The predicted molar refractivity (Wildman–Crippen MR) is 263 cm³/mol. The molecule has 2 aliphatic heterocycles. The number of carbonyl (C=O) groups is 4. The minimum absolute atomic E-state index is 0.0725. The van der Waals surface area contributed by atoms with Crippen LogP contribution in [-0.2, 0) is 9.59 Å². The molecule has 2 amide bonds. The molecule has 0 radical (unpaired) electrons.